The second-order valence-corrected chi connectivity index (χ2v) is 6.85. The molecule has 3 N–H and O–H groups in total. The predicted molar refractivity (Wildman–Crippen MR) is 110 cm³/mol. The van der Waals surface area contributed by atoms with Crippen LogP contribution in [0, 0.1) is 6.92 Å². The fourth-order valence-electron chi connectivity index (χ4n) is 3.16. The van der Waals surface area contributed by atoms with E-state index < -0.39 is 18.5 Å². The summed E-state index contributed by atoms with van der Waals surface area (Å²) in [6, 6.07) is 15.4. The molecule has 150 valence electrons. The van der Waals surface area contributed by atoms with Crippen molar-refractivity contribution in [3.05, 3.63) is 71.3 Å². The van der Waals surface area contributed by atoms with Gasteiger partial charge < -0.3 is 20.3 Å². The van der Waals surface area contributed by atoms with Gasteiger partial charge in [-0.1, -0.05) is 61.0 Å². The number of ether oxygens (including phenoxy) is 1. The molecule has 0 unspecified atom stereocenters. The smallest absolute Gasteiger partial charge is 0.342 e. The average Bonchev–Trinajstić information content (AvgIpc) is 2.73. The van der Waals surface area contributed by atoms with Gasteiger partial charge in [-0.2, -0.15) is 0 Å². The van der Waals surface area contributed by atoms with E-state index in [9.17, 15) is 19.8 Å². The zero-order valence-electron chi connectivity index (χ0n) is 16.3. The molecule has 0 spiro atoms. The number of amides is 1. The molecule has 6 heteroatoms. The molecule has 0 saturated heterocycles. The van der Waals surface area contributed by atoms with Gasteiger partial charge in [-0.25, -0.2) is 4.79 Å². The van der Waals surface area contributed by atoms with Crippen LogP contribution in [0.5, 0.6) is 11.5 Å². The van der Waals surface area contributed by atoms with E-state index in [1.54, 1.807) is 24.3 Å². The Hall–Kier alpha value is -3.54. The molecule has 3 aromatic carbocycles. The topological polar surface area (TPSA) is 95.9 Å². The van der Waals surface area contributed by atoms with E-state index >= 15 is 0 Å². The first kappa shape index (κ1) is 20.2. The number of fused-ring (bicyclic) bond motifs is 1. The van der Waals surface area contributed by atoms with Gasteiger partial charge in [0.2, 0.25) is 0 Å². The maximum Gasteiger partial charge on any atom is 0.342 e. The van der Waals surface area contributed by atoms with Crippen LogP contribution in [0.3, 0.4) is 0 Å². The first-order valence-electron chi connectivity index (χ1n) is 9.37. The van der Waals surface area contributed by atoms with Crippen molar-refractivity contribution in [3.8, 4) is 11.5 Å². The SMILES string of the molecule is CC[C@@H](NC(=O)COC(=O)c1cc(O)c2ccccc2c1O)c1ccc(C)cc1. The van der Waals surface area contributed by atoms with Gasteiger partial charge >= 0.3 is 5.97 Å². The number of benzene rings is 3. The van der Waals surface area contributed by atoms with Gasteiger partial charge in [0.25, 0.3) is 5.91 Å². The Bertz CT molecular complexity index is 1040. The number of phenols is 2. The lowest BCUT2D eigenvalue weighted by Gasteiger charge is -2.18. The average molecular weight is 393 g/mol. The lowest BCUT2D eigenvalue weighted by Crippen LogP contribution is -2.32. The molecule has 0 radical (unpaired) electrons. The van der Waals surface area contributed by atoms with Gasteiger partial charge in [-0.05, 0) is 25.0 Å². The van der Waals surface area contributed by atoms with Gasteiger partial charge in [0.15, 0.2) is 6.61 Å². The molecule has 29 heavy (non-hydrogen) atoms. The van der Waals surface area contributed by atoms with E-state index in [1.165, 1.54) is 0 Å². The fourth-order valence-corrected chi connectivity index (χ4v) is 3.16. The highest BCUT2D eigenvalue weighted by Crippen LogP contribution is 2.35. The van der Waals surface area contributed by atoms with Crippen molar-refractivity contribution in [2.45, 2.75) is 26.3 Å². The van der Waals surface area contributed by atoms with Crippen LogP contribution in [-0.2, 0) is 9.53 Å². The van der Waals surface area contributed by atoms with Crippen molar-refractivity contribution in [1.29, 1.82) is 0 Å². The molecule has 3 aromatic rings. The highest BCUT2D eigenvalue weighted by atomic mass is 16.5. The minimum Gasteiger partial charge on any atom is -0.507 e. The van der Waals surface area contributed by atoms with Crippen LogP contribution in [0.2, 0.25) is 0 Å². The molecule has 6 nitrogen and oxygen atoms in total. The summed E-state index contributed by atoms with van der Waals surface area (Å²) < 4.78 is 5.05. The van der Waals surface area contributed by atoms with Crippen LogP contribution in [0.4, 0.5) is 0 Å². The molecule has 0 aliphatic heterocycles. The van der Waals surface area contributed by atoms with Crippen LogP contribution < -0.4 is 5.32 Å². The van der Waals surface area contributed by atoms with Crippen LogP contribution in [-0.4, -0.2) is 28.7 Å². The molecule has 0 saturated carbocycles. The number of esters is 1. The summed E-state index contributed by atoms with van der Waals surface area (Å²) >= 11 is 0. The lowest BCUT2D eigenvalue weighted by molar-refractivity contribution is -0.125. The van der Waals surface area contributed by atoms with Crippen molar-refractivity contribution in [2.75, 3.05) is 6.61 Å². The monoisotopic (exact) mass is 393 g/mol. The van der Waals surface area contributed by atoms with E-state index in [1.807, 2.05) is 38.1 Å². The summed E-state index contributed by atoms with van der Waals surface area (Å²) in [6.45, 7) is 3.45. The quantitative estimate of drug-likeness (QED) is 0.435. The second-order valence-electron chi connectivity index (χ2n) is 6.85. The summed E-state index contributed by atoms with van der Waals surface area (Å²) in [5, 5.41) is 24.0. The van der Waals surface area contributed by atoms with E-state index in [4.69, 9.17) is 4.74 Å². The number of hydrogen-bond donors (Lipinski definition) is 3. The maximum atomic E-state index is 12.4. The summed E-state index contributed by atoms with van der Waals surface area (Å²) in [6.07, 6.45) is 0.683. The zero-order chi connectivity index (χ0) is 21.0. The molecule has 3 rings (SSSR count). The number of aromatic hydroxyl groups is 2. The van der Waals surface area contributed by atoms with Crippen molar-refractivity contribution >= 4 is 22.6 Å². The van der Waals surface area contributed by atoms with Crippen molar-refractivity contribution in [2.24, 2.45) is 0 Å². The van der Waals surface area contributed by atoms with Gasteiger partial charge in [-0.3, -0.25) is 4.79 Å². The molecule has 0 aromatic heterocycles. The van der Waals surface area contributed by atoms with Crippen molar-refractivity contribution < 1.29 is 24.5 Å². The van der Waals surface area contributed by atoms with Gasteiger partial charge in [0.05, 0.1) is 6.04 Å². The van der Waals surface area contributed by atoms with Crippen molar-refractivity contribution in [1.82, 2.24) is 5.32 Å². The fraction of sp³-hybridized carbons (Fsp3) is 0.217. The summed E-state index contributed by atoms with van der Waals surface area (Å²) in [5.41, 5.74) is 1.90. The lowest BCUT2D eigenvalue weighted by atomic mass is 10.0. The number of nitrogens with one attached hydrogen (secondary N) is 1. The Morgan fingerprint density at radius 2 is 1.69 bits per heavy atom. The molecule has 0 aliphatic rings. The maximum absolute atomic E-state index is 12.4. The third kappa shape index (κ3) is 4.48. The van der Waals surface area contributed by atoms with Gasteiger partial charge in [-0.15, -0.1) is 0 Å². The largest absolute Gasteiger partial charge is 0.507 e. The number of carbonyl (C=O) groups is 2. The summed E-state index contributed by atoms with van der Waals surface area (Å²) in [7, 11) is 0. The zero-order valence-corrected chi connectivity index (χ0v) is 16.3. The Morgan fingerprint density at radius 3 is 2.34 bits per heavy atom. The summed E-state index contributed by atoms with van der Waals surface area (Å²) in [5.74, 6) is -1.78. The molecular weight excluding hydrogens is 370 g/mol. The standard InChI is InChI=1S/C23H23NO5/c1-3-19(15-10-8-14(2)9-11-15)24-21(26)13-29-23(28)18-12-20(25)16-6-4-5-7-17(16)22(18)27/h4-12,19,25,27H,3,13H2,1-2H3,(H,24,26)/t19-/m1/s1. The van der Waals surface area contributed by atoms with Crippen LogP contribution in [0.25, 0.3) is 10.8 Å². The van der Waals surface area contributed by atoms with Crippen LogP contribution in [0.15, 0.2) is 54.6 Å². The Labute approximate surface area is 168 Å². The number of hydrogen-bond acceptors (Lipinski definition) is 5. The molecule has 0 fully saturated rings. The second kappa shape index (κ2) is 8.65. The Morgan fingerprint density at radius 1 is 1.03 bits per heavy atom. The first-order chi connectivity index (χ1) is 13.9. The van der Waals surface area contributed by atoms with E-state index in [-0.39, 0.29) is 23.1 Å². The highest BCUT2D eigenvalue weighted by molar-refractivity contribution is 6.04. The normalized spacial score (nSPS) is 11.8. The number of phenolic OH excluding ortho intramolecular Hbond substituents is 2. The third-order valence-corrected chi connectivity index (χ3v) is 4.77. The van der Waals surface area contributed by atoms with Gasteiger partial charge in [0, 0.05) is 10.8 Å². The highest BCUT2D eigenvalue weighted by Gasteiger charge is 2.20. The molecule has 1 atom stereocenters. The first-order valence-corrected chi connectivity index (χ1v) is 9.37. The van der Waals surface area contributed by atoms with Crippen molar-refractivity contribution in [3.63, 3.8) is 0 Å². The predicted octanol–water partition coefficient (Wildman–Crippen LogP) is 3.98. The van der Waals surface area contributed by atoms with E-state index in [2.05, 4.69) is 5.32 Å². The summed E-state index contributed by atoms with van der Waals surface area (Å²) in [4.78, 5) is 24.6. The Kier molecular flexibility index (Phi) is 6.02. The molecular formula is C23H23NO5. The van der Waals surface area contributed by atoms with Crippen LogP contribution >= 0.6 is 0 Å². The number of aryl methyl sites for hydroxylation is 1. The van der Waals surface area contributed by atoms with Crippen LogP contribution in [0.1, 0.15) is 40.9 Å². The van der Waals surface area contributed by atoms with E-state index in [0.29, 0.717) is 17.2 Å². The number of carbonyl (C=O) groups excluding carboxylic acids is 2. The third-order valence-electron chi connectivity index (χ3n) is 4.77. The molecule has 0 heterocycles. The van der Waals surface area contributed by atoms with Gasteiger partial charge in [0.1, 0.15) is 17.1 Å². The Balaban J connectivity index is 1.67. The van der Waals surface area contributed by atoms with E-state index in [0.717, 1.165) is 17.2 Å². The molecule has 1 amide bonds. The molecule has 0 aliphatic carbocycles. The minimum absolute atomic E-state index is 0.153. The molecule has 0 bridgehead atoms. The minimum atomic E-state index is -0.887. The number of rotatable bonds is 6.